The number of esters is 1. The second-order valence-corrected chi connectivity index (χ2v) is 4.94. The highest BCUT2D eigenvalue weighted by Gasteiger charge is 2.18. The van der Waals surface area contributed by atoms with Crippen LogP contribution in [0.1, 0.15) is 31.3 Å². The third-order valence-corrected chi connectivity index (χ3v) is 3.51. The third-order valence-electron chi connectivity index (χ3n) is 2.69. The maximum atomic E-state index is 12.1. The molecule has 0 fully saturated rings. The van der Waals surface area contributed by atoms with Crippen LogP contribution in [0.5, 0.6) is 0 Å². The van der Waals surface area contributed by atoms with Gasteiger partial charge in [-0.25, -0.2) is 4.79 Å². The maximum absolute atomic E-state index is 12.1. The SMILES string of the molecule is COC(=O)c1cc(C)ccc1NC(=O)c1snnc1C. The molecule has 0 aliphatic heterocycles. The fourth-order valence-electron chi connectivity index (χ4n) is 1.66. The predicted molar refractivity (Wildman–Crippen MR) is 75.1 cm³/mol. The number of carbonyl (C=O) groups is 2. The average molecular weight is 291 g/mol. The number of hydrogen-bond donors (Lipinski definition) is 1. The van der Waals surface area contributed by atoms with Crippen molar-refractivity contribution < 1.29 is 14.3 Å². The Labute approximate surface area is 119 Å². The minimum absolute atomic E-state index is 0.316. The smallest absolute Gasteiger partial charge is 0.339 e. The second kappa shape index (κ2) is 5.79. The summed E-state index contributed by atoms with van der Waals surface area (Å²) < 4.78 is 8.43. The summed E-state index contributed by atoms with van der Waals surface area (Å²) in [6.45, 7) is 3.56. The molecule has 0 saturated heterocycles. The van der Waals surface area contributed by atoms with Gasteiger partial charge in [-0.05, 0) is 37.5 Å². The van der Waals surface area contributed by atoms with Gasteiger partial charge in [-0.15, -0.1) is 5.10 Å². The summed E-state index contributed by atoms with van der Waals surface area (Å²) in [6.07, 6.45) is 0. The number of amides is 1. The van der Waals surface area contributed by atoms with E-state index in [0.29, 0.717) is 21.8 Å². The summed E-state index contributed by atoms with van der Waals surface area (Å²) in [5.74, 6) is -0.838. The van der Waals surface area contributed by atoms with Gasteiger partial charge in [0.1, 0.15) is 4.88 Å². The highest BCUT2D eigenvalue weighted by Crippen LogP contribution is 2.20. The van der Waals surface area contributed by atoms with Crippen LogP contribution in [0.2, 0.25) is 0 Å². The molecule has 1 N–H and O–H groups in total. The van der Waals surface area contributed by atoms with E-state index in [1.807, 2.05) is 6.92 Å². The van der Waals surface area contributed by atoms with Crippen molar-refractivity contribution in [3.8, 4) is 0 Å². The number of rotatable bonds is 3. The number of ether oxygens (including phenoxy) is 1. The molecule has 1 aromatic heterocycles. The van der Waals surface area contributed by atoms with Crippen LogP contribution in [0.25, 0.3) is 0 Å². The number of anilines is 1. The van der Waals surface area contributed by atoms with Crippen molar-refractivity contribution in [2.24, 2.45) is 0 Å². The molecule has 0 aliphatic carbocycles. The molecule has 1 amide bonds. The second-order valence-electron chi connectivity index (χ2n) is 4.18. The first-order valence-corrected chi connectivity index (χ1v) is 6.59. The third kappa shape index (κ3) is 2.83. The first-order chi connectivity index (χ1) is 9.52. The van der Waals surface area contributed by atoms with Crippen molar-refractivity contribution in [3.63, 3.8) is 0 Å². The molecule has 6 nitrogen and oxygen atoms in total. The summed E-state index contributed by atoms with van der Waals surface area (Å²) in [7, 11) is 1.30. The van der Waals surface area contributed by atoms with Crippen molar-refractivity contribution in [3.05, 3.63) is 39.9 Å². The van der Waals surface area contributed by atoms with Crippen LogP contribution in [-0.2, 0) is 4.74 Å². The van der Waals surface area contributed by atoms with Crippen LogP contribution in [0.3, 0.4) is 0 Å². The Morgan fingerprint density at radius 2 is 2.05 bits per heavy atom. The van der Waals surface area contributed by atoms with Gasteiger partial charge in [0, 0.05) is 0 Å². The lowest BCUT2D eigenvalue weighted by Crippen LogP contribution is -2.15. The van der Waals surface area contributed by atoms with Crippen LogP contribution < -0.4 is 5.32 Å². The van der Waals surface area contributed by atoms with Crippen molar-refractivity contribution in [2.45, 2.75) is 13.8 Å². The summed E-state index contributed by atoms with van der Waals surface area (Å²) in [5.41, 5.74) is 2.18. The molecule has 2 rings (SSSR count). The Kier molecular flexibility index (Phi) is 4.09. The van der Waals surface area contributed by atoms with E-state index in [9.17, 15) is 9.59 Å². The zero-order chi connectivity index (χ0) is 14.7. The molecule has 0 aliphatic rings. The van der Waals surface area contributed by atoms with Gasteiger partial charge in [-0.1, -0.05) is 16.1 Å². The highest BCUT2D eigenvalue weighted by molar-refractivity contribution is 7.08. The van der Waals surface area contributed by atoms with Crippen LogP contribution in [0.15, 0.2) is 18.2 Å². The van der Waals surface area contributed by atoms with Gasteiger partial charge >= 0.3 is 5.97 Å². The molecule has 0 spiro atoms. The Morgan fingerprint density at radius 1 is 1.30 bits per heavy atom. The number of aryl methyl sites for hydroxylation is 2. The summed E-state index contributed by atoms with van der Waals surface area (Å²) in [6, 6.07) is 5.14. The zero-order valence-electron chi connectivity index (χ0n) is 11.3. The average Bonchev–Trinajstić information content (AvgIpc) is 2.86. The minimum Gasteiger partial charge on any atom is -0.465 e. The molecule has 2 aromatic rings. The van der Waals surface area contributed by atoms with E-state index >= 15 is 0 Å². The standard InChI is InChI=1S/C13H13N3O3S/c1-7-4-5-10(9(6-7)13(18)19-3)14-12(17)11-8(2)15-16-20-11/h4-6H,1-3H3,(H,14,17). The molecule has 104 valence electrons. The van der Waals surface area contributed by atoms with Crippen LogP contribution in [0, 0.1) is 13.8 Å². The molecule has 0 atom stereocenters. The largest absolute Gasteiger partial charge is 0.465 e. The van der Waals surface area contributed by atoms with Crippen molar-refractivity contribution in [1.29, 1.82) is 0 Å². The molecule has 0 bridgehead atoms. The number of aromatic nitrogens is 2. The summed E-state index contributed by atoms with van der Waals surface area (Å²) in [4.78, 5) is 24.3. The van der Waals surface area contributed by atoms with Gasteiger partial charge < -0.3 is 10.1 Å². The van der Waals surface area contributed by atoms with Gasteiger partial charge in [0.25, 0.3) is 5.91 Å². The summed E-state index contributed by atoms with van der Waals surface area (Å²) >= 11 is 1.01. The number of nitrogens with zero attached hydrogens (tertiary/aromatic N) is 2. The zero-order valence-corrected chi connectivity index (χ0v) is 12.1. The van der Waals surface area contributed by atoms with E-state index < -0.39 is 5.97 Å². The van der Waals surface area contributed by atoms with Gasteiger partial charge in [-0.3, -0.25) is 4.79 Å². The Balaban J connectivity index is 2.32. The highest BCUT2D eigenvalue weighted by atomic mass is 32.1. The Hall–Kier alpha value is -2.28. The number of benzene rings is 1. The van der Waals surface area contributed by atoms with Crippen LogP contribution in [-0.4, -0.2) is 28.6 Å². The molecular weight excluding hydrogens is 278 g/mol. The quantitative estimate of drug-likeness (QED) is 0.877. The summed E-state index contributed by atoms with van der Waals surface area (Å²) in [5, 5.41) is 6.47. The Morgan fingerprint density at radius 3 is 2.65 bits per heavy atom. The topological polar surface area (TPSA) is 81.2 Å². The first-order valence-electron chi connectivity index (χ1n) is 5.82. The van der Waals surface area contributed by atoms with Crippen LogP contribution >= 0.6 is 11.5 Å². The number of nitrogens with one attached hydrogen (secondary N) is 1. The molecule has 0 saturated carbocycles. The molecular formula is C13H13N3O3S. The fraction of sp³-hybridized carbons (Fsp3) is 0.231. The van der Waals surface area contributed by atoms with E-state index in [4.69, 9.17) is 4.74 Å². The van der Waals surface area contributed by atoms with Crippen molar-refractivity contribution >= 4 is 29.1 Å². The van der Waals surface area contributed by atoms with E-state index in [0.717, 1.165) is 17.1 Å². The monoisotopic (exact) mass is 291 g/mol. The Bertz CT molecular complexity index is 667. The predicted octanol–water partition coefficient (Wildman–Crippen LogP) is 2.19. The van der Waals surface area contributed by atoms with Gasteiger partial charge in [0.15, 0.2) is 0 Å². The van der Waals surface area contributed by atoms with Crippen molar-refractivity contribution in [2.75, 3.05) is 12.4 Å². The van der Waals surface area contributed by atoms with Gasteiger partial charge in [0.2, 0.25) is 0 Å². The molecule has 20 heavy (non-hydrogen) atoms. The molecule has 7 heteroatoms. The van der Waals surface area contributed by atoms with Crippen LogP contribution in [0.4, 0.5) is 5.69 Å². The lowest BCUT2D eigenvalue weighted by Gasteiger charge is -2.10. The minimum atomic E-state index is -0.497. The number of carbonyl (C=O) groups excluding carboxylic acids is 2. The molecule has 1 heterocycles. The van der Waals surface area contributed by atoms with E-state index in [1.165, 1.54) is 7.11 Å². The maximum Gasteiger partial charge on any atom is 0.339 e. The fourth-order valence-corrected chi connectivity index (χ4v) is 2.22. The van der Waals surface area contributed by atoms with E-state index in [2.05, 4.69) is 14.9 Å². The lowest BCUT2D eigenvalue weighted by atomic mass is 10.1. The van der Waals surface area contributed by atoms with Gasteiger partial charge in [0.05, 0.1) is 24.1 Å². The molecule has 1 aromatic carbocycles. The first kappa shape index (κ1) is 14.1. The number of hydrogen-bond acceptors (Lipinski definition) is 6. The van der Waals surface area contributed by atoms with Crippen molar-refractivity contribution in [1.82, 2.24) is 9.59 Å². The normalized spacial score (nSPS) is 10.2. The molecule has 0 unspecified atom stereocenters. The van der Waals surface area contributed by atoms with E-state index in [1.54, 1.807) is 25.1 Å². The lowest BCUT2D eigenvalue weighted by molar-refractivity contribution is 0.0602. The number of methoxy groups -OCH3 is 1. The van der Waals surface area contributed by atoms with Gasteiger partial charge in [-0.2, -0.15) is 0 Å². The molecule has 0 radical (unpaired) electrons. The van der Waals surface area contributed by atoms with E-state index in [-0.39, 0.29) is 5.91 Å².